The molecular weight excluding hydrogens is 280 g/mol. The summed E-state index contributed by atoms with van der Waals surface area (Å²) >= 11 is 3.69. The lowest BCUT2D eigenvalue weighted by Gasteiger charge is -2.27. The molecule has 17 heavy (non-hydrogen) atoms. The molecule has 0 radical (unpaired) electrons. The van der Waals surface area contributed by atoms with Crippen molar-refractivity contribution in [3.63, 3.8) is 0 Å². The molecule has 0 aromatic heterocycles. The maximum absolute atomic E-state index is 8.96. The minimum atomic E-state index is -2.30. The van der Waals surface area contributed by atoms with Crippen LogP contribution in [0.25, 0.3) is 0 Å². The summed E-state index contributed by atoms with van der Waals surface area (Å²) in [6.07, 6.45) is 1.05. The van der Waals surface area contributed by atoms with E-state index in [1.807, 2.05) is 20.8 Å². The summed E-state index contributed by atoms with van der Waals surface area (Å²) in [5.74, 6) is 0. The average molecular weight is 305 g/mol. The third-order valence-corrected chi connectivity index (χ3v) is 4.95. The van der Waals surface area contributed by atoms with Gasteiger partial charge >= 0.3 is 8.80 Å². The molecule has 0 rings (SSSR count). The first-order valence-corrected chi connectivity index (χ1v) is 9.88. The van der Waals surface area contributed by atoms with E-state index < -0.39 is 18.4 Å². The van der Waals surface area contributed by atoms with Crippen LogP contribution >= 0.6 is 0 Å². The monoisotopic (exact) mass is 304 g/mol. The van der Waals surface area contributed by atoms with Crippen molar-refractivity contribution in [2.75, 3.05) is 19.8 Å². The van der Waals surface area contributed by atoms with Crippen molar-refractivity contribution in [3.8, 4) is 0 Å². The van der Waals surface area contributed by atoms with Gasteiger partial charge in [-0.1, -0.05) is 13.3 Å². The van der Waals surface area contributed by atoms with Gasteiger partial charge < -0.3 is 17.8 Å². The van der Waals surface area contributed by atoms with Gasteiger partial charge in [0.2, 0.25) is 0 Å². The zero-order chi connectivity index (χ0) is 13.7. The van der Waals surface area contributed by atoms with Crippen molar-refractivity contribution in [2.45, 2.75) is 40.2 Å². The Morgan fingerprint density at radius 1 is 1.06 bits per heavy atom. The van der Waals surface area contributed by atoms with Gasteiger partial charge in [0.1, 0.15) is 9.64 Å². The molecule has 0 spiro atoms. The minimum absolute atomic E-state index is 0.673. The molecule has 0 aliphatic heterocycles. The van der Waals surface area contributed by atoms with E-state index in [-0.39, 0.29) is 0 Å². The Bertz CT molecular complexity index is 198. The first kappa shape index (κ1) is 19.8. The van der Waals surface area contributed by atoms with Gasteiger partial charge in [-0.3, -0.25) is 0 Å². The van der Waals surface area contributed by atoms with Crippen LogP contribution in [0.3, 0.4) is 0 Å². The van der Waals surface area contributed by atoms with E-state index in [1.54, 1.807) is 0 Å². The second-order valence-corrected chi connectivity index (χ2v) is 7.11. The predicted octanol–water partition coefficient (Wildman–Crippen LogP) is 1.85. The van der Waals surface area contributed by atoms with Crippen LogP contribution in [0.5, 0.6) is 0 Å². The summed E-state index contributed by atoms with van der Waals surface area (Å²) in [4.78, 5) is 0. The minimum Gasteiger partial charge on any atom is -0.374 e. The summed E-state index contributed by atoms with van der Waals surface area (Å²) in [5.41, 5.74) is 0. The first-order valence-electron chi connectivity index (χ1n) is 5.73. The van der Waals surface area contributed by atoms with E-state index in [0.717, 1.165) is 12.5 Å². The number of thiol groups is 1. The Hall–Kier alpha value is 0.427. The molecule has 0 fully saturated rings. The van der Waals surface area contributed by atoms with Gasteiger partial charge in [-0.25, -0.2) is 4.21 Å². The summed E-state index contributed by atoms with van der Waals surface area (Å²) in [6, 6.07) is 0.919. The average Bonchev–Trinajstić information content (AvgIpc) is 2.18. The SMILES string of the molecule is CCC[Si](OCC)(OCC)OCC.O=[SH](O)=S. The second-order valence-electron chi connectivity index (χ2n) is 2.97. The van der Waals surface area contributed by atoms with Crippen molar-refractivity contribution in [1.29, 1.82) is 0 Å². The number of hydrogen-bond acceptors (Lipinski definition) is 5. The highest BCUT2D eigenvalue weighted by Gasteiger charge is 2.38. The maximum Gasteiger partial charge on any atom is 0.500 e. The smallest absolute Gasteiger partial charge is 0.374 e. The normalized spacial score (nSPS) is 12.8. The largest absolute Gasteiger partial charge is 0.500 e. The van der Waals surface area contributed by atoms with Crippen LogP contribution in [-0.4, -0.2) is 37.4 Å². The molecule has 1 atom stereocenters. The zero-order valence-corrected chi connectivity index (χ0v) is 13.7. The molecule has 1 unspecified atom stereocenters. The van der Waals surface area contributed by atoms with Crippen molar-refractivity contribution in [2.24, 2.45) is 0 Å². The van der Waals surface area contributed by atoms with Crippen molar-refractivity contribution < 1.29 is 22.0 Å². The molecule has 0 aliphatic carbocycles. The van der Waals surface area contributed by atoms with Gasteiger partial charge in [0, 0.05) is 37.1 Å². The fraction of sp³-hybridized carbons (Fsp3) is 1.00. The van der Waals surface area contributed by atoms with Crippen LogP contribution < -0.4 is 0 Å². The summed E-state index contributed by atoms with van der Waals surface area (Å²) in [5, 5.41) is 0. The quantitative estimate of drug-likeness (QED) is 0.527. The van der Waals surface area contributed by atoms with Crippen LogP contribution in [0.2, 0.25) is 6.04 Å². The summed E-state index contributed by atoms with van der Waals surface area (Å²) in [6.45, 7) is 10.1. The number of rotatable bonds is 8. The van der Waals surface area contributed by atoms with Crippen LogP contribution in [-0.2, 0) is 34.1 Å². The van der Waals surface area contributed by atoms with Crippen molar-refractivity contribution >= 4 is 29.6 Å². The molecule has 0 bridgehead atoms. The van der Waals surface area contributed by atoms with Gasteiger partial charge in [0.25, 0.3) is 0 Å². The summed E-state index contributed by atoms with van der Waals surface area (Å²) < 4.78 is 33.3. The molecule has 106 valence electrons. The van der Waals surface area contributed by atoms with E-state index in [9.17, 15) is 0 Å². The highest BCUT2D eigenvalue weighted by Crippen LogP contribution is 2.17. The second kappa shape index (κ2) is 12.9. The first-order chi connectivity index (χ1) is 7.97. The fourth-order valence-electron chi connectivity index (χ4n) is 1.31. The third kappa shape index (κ3) is 12.7. The van der Waals surface area contributed by atoms with Gasteiger partial charge in [-0.2, -0.15) is 0 Å². The molecule has 0 amide bonds. The Balaban J connectivity index is 0. The predicted molar refractivity (Wildman–Crippen MR) is 75.3 cm³/mol. The molecule has 0 aliphatic rings. The van der Waals surface area contributed by atoms with Crippen molar-refractivity contribution in [3.05, 3.63) is 0 Å². The Kier molecular flexibility index (Phi) is 15.0. The van der Waals surface area contributed by atoms with Crippen LogP contribution in [0.15, 0.2) is 0 Å². The van der Waals surface area contributed by atoms with E-state index in [0.29, 0.717) is 19.8 Å². The van der Waals surface area contributed by atoms with E-state index in [4.69, 9.17) is 22.0 Å². The Labute approximate surface area is 112 Å². The highest BCUT2D eigenvalue weighted by atomic mass is 32.8. The topological polar surface area (TPSA) is 65.0 Å². The lowest BCUT2D eigenvalue weighted by Crippen LogP contribution is -2.45. The van der Waals surface area contributed by atoms with Gasteiger partial charge in [-0.15, -0.1) is 0 Å². The van der Waals surface area contributed by atoms with Gasteiger partial charge in [-0.05, 0) is 20.8 Å². The lowest BCUT2D eigenvalue weighted by molar-refractivity contribution is 0.0712. The fourth-order valence-corrected chi connectivity index (χ4v) is 3.92. The van der Waals surface area contributed by atoms with Crippen LogP contribution in [0, 0.1) is 0 Å². The molecule has 0 aromatic rings. The molecule has 0 aromatic carbocycles. The van der Waals surface area contributed by atoms with Gasteiger partial charge in [0.05, 0.1) is 0 Å². The molecule has 5 nitrogen and oxygen atoms in total. The summed E-state index contributed by atoms with van der Waals surface area (Å²) in [7, 11) is -4.58. The van der Waals surface area contributed by atoms with Crippen LogP contribution in [0.4, 0.5) is 0 Å². The van der Waals surface area contributed by atoms with Gasteiger partial charge in [0.15, 0.2) is 0 Å². The van der Waals surface area contributed by atoms with Crippen molar-refractivity contribution in [1.82, 2.24) is 0 Å². The van der Waals surface area contributed by atoms with E-state index in [2.05, 4.69) is 18.1 Å². The molecule has 8 heteroatoms. The molecular formula is C9H24O5S2Si. The molecule has 0 saturated carbocycles. The highest BCUT2D eigenvalue weighted by molar-refractivity contribution is 8.18. The Morgan fingerprint density at radius 3 is 1.53 bits per heavy atom. The number of hydrogen-bond donors (Lipinski definition) is 2. The standard InChI is InChI=1S/C9H22O3Si.H2O2S2/c1-5-9-13(10-6-2,11-7-3)12-8-4;1-4(2)3/h5-9H2,1-4H3;4H,(H,1,2,3). The zero-order valence-electron chi connectivity index (χ0n) is 11.0. The van der Waals surface area contributed by atoms with E-state index in [1.165, 1.54) is 0 Å². The maximum atomic E-state index is 8.96. The van der Waals surface area contributed by atoms with E-state index >= 15 is 0 Å². The van der Waals surface area contributed by atoms with Crippen LogP contribution in [0.1, 0.15) is 34.1 Å². The lowest BCUT2D eigenvalue weighted by atomic mass is 10.6. The Morgan fingerprint density at radius 2 is 1.35 bits per heavy atom. The molecule has 0 saturated heterocycles. The molecule has 0 heterocycles. The molecule has 1 N–H and O–H groups in total. The third-order valence-electron chi connectivity index (χ3n) is 1.65.